The highest BCUT2D eigenvalue weighted by molar-refractivity contribution is 6.04. The first-order valence-electron chi connectivity index (χ1n) is 7.70. The Morgan fingerprint density at radius 2 is 1.63 bits per heavy atom. The van der Waals surface area contributed by atoms with Crippen LogP contribution in [0.5, 0.6) is 0 Å². The number of carbonyl (C=O) groups excluding carboxylic acids is 1. The Labute approximate surface area is 160 Å². The van der Waals surface area contributed by atoms with Gasteiger partial charge in [-0.15, -0.1) is 0 Å². The summed E-state index contributed by atoms with van der Waals surface area (Å²) >= 11 is 0. The first kappa shape index (κ1) is 21.3. The molecule has 0 aliphatic rings. The molecule has 0 aliphatic heterocycles. The van der Waals surface area contributed by atoms with Crippen molar-refractivity contribution >= 4 is 5.91 Å². The van der Waals surface area contributed by atoms with E-state index in [1.807, 2.05) is 0 Å². The molecule has 0 unspecified atom stereocenters. The summed E-state index contributed by atoms with van der Waals surface area (Å²) in [5.74, 6) is -6.92. The molecule has 0 saturated carbocycles. The molecule has 2 heterocycles. The number of primary amides is 1. The van der Waals surface area contributed by atoms with Gasteiger partial charge in [0.25, 0.3) is 0 Å². The van der Waals surface area contributed by atoms with E-state index in [9.17, 15) is 39.9 Å². The molecule has 0 radical (unpaired) electrons. The Balaban J connectivity index is 2.53. The minimum absolute atomic E-state index is 0.174. The van der Waals surface area contributed by atoms with Crippen molar-refractivity contribution in [3.05, 3.63) is 47.3 Å². The van der Waals surface area contributed by atoms with Crippen LogP contribution in [0.3, 0.4) is 0 Å². The molecule has 0 fully saturated rings. The monoisotopic (exact) mass is 440 g/mol. The van der Waals surface area contributed by atoms with Crippen LogP contribution in [0.1, 0.15) is 21.5 Å². The Kier molecular flexibility index (Phi) is 4.83. The van der Waals surface area contributed by atoms with Gasteiger partial charge in [0.15, 0.2) is 0 Å². The number of hydrogen-bond donors (Lipinski definition) is 2. The Bertz CT molecular complexity index is 1080. The van der Waals surface area contributed by atoms with E-state index in [0.717, 1.165) is 12.3 Å². The third-order valence-electron chi connectivity index (χ3n) is 4.05. The number of aromatic nitrogens is 3. The number of rotatable bonds is 4. The molecule has 3 rings (SSSR count). The molecule has 6 nitrogen and oxygen atoms in total. The average molecular weight is 440 g/mol. The number of H-pyrrole nitrogens is 1. The summed E-state index contributed by atoms with van der Waals surface area (Å²) in [5, 5.41) is 8.25. The third kappa shape index (κ3) is 3.37. The highest BCUT2D eigenvalue weighted by atomic mass is 19.4. The maximum Gasteiger partial charge on any atom is 0.458 e. The van der Waals surface area contributed by atoms with Gasteiger partial charge in [-0.25, -0.2) is 0 Å². The van der Waals surface area contributed by atoms with Crippen LogP contribution in [-0.2, 0) is 12.1 Å². The van der Waals surface area contributed by atoms with Gasteiger partial charge in [0.2, 0.25) is 5.91 Å². The largest absolute Gasteiger partial charge is 0.458 e. The van der Waals surface area contributed by atoms with Gasteiger partial charge >= 0.3 is 18.3 Å². The van der Waals surface area contributed by atoms with Crippen molar-refractivity contribution in [3.63, 3.8) is 0 Å². The van der Waals surface area contributed by atoms with Crippen molar-refractivity contribution in [3.8, 4) is 22.5 Å². The SMILES string of the molecule is NC(=O)c1ccc(C(F)(F)C(F)(F)F)c(-c2[nH]ncc2C(F)(F)F)c1-c1ccon1. The molecule has 160 valence electrons. The zero-order chi connectivity index (χ0) is 22.5. The van der Waals surface area contributed by atoms with E-state index in [-0.39, 0.29) is 12.3 Å². The number of alkyl halides is 8. The van der Waals surface area contributed by atoms with E-state index >= 15 is 0 Å². The fourth-order valence-corrected chi connectivity index (χ4v) is 2.78. The number of carbonyl (C=O) groups is 1. The van der Waals surface area contributed by atoms with Gasteiger partial charge in [-0.3, -0.25) is 9.89 Å². The zero-order valence-electron chi connectivity index (χ0n) is 14.2. The number of aromatic amines is 1. The van der Waals surface area contributed by atoms with Crippen molar-refractivity contribution in [1.29, 1.82) is 0 Å². The molecule has 2 aromatic heterocycles. The molecule has 0 spiro atoms. The minimum Gasteiger partial charge on any atom is -0.366 e. The summed E-state index contributed by atoms with van der Waals surface area (Å²) in [4.78, 5) is 11.8. The van der Waals surface area contributed by atoms with E-state index in [2.05, 4.69) is 14.8 Å². The Morgan fingerprint density at radius 3 is 2.13 bits per heavy atom. The van der Waals surface area contributed by atoms with Gasteiger partial charge in [-0.05, 0) is 6.07 Å². The fraction of sp³-hybridized carbons (Fsp3) is 0.188. The smallest absolute Gasteiger partial charge is 0.366 e. The minimum atomic E-state index is -6.17. The Hall–Kier alpha value is -3.45. The van der Waals surface area contributed by atoms with Crippen LogP contribution < -0.4 is 5.73 Å². The molecular weight excluding hydrogens is 432 g/mol. The number of nitrogens with one attached hydrogen (secondary N) is 1. The van der Waals surface area contributed by atoms with Gasteiger partial charge in [0.1, 0.15) is 17.5 Å². The van der Waals surface area contributed by atoms with E-state index in [1.165, 1.54) is 0 Å². The van der Waals surface area contributed by atoms with Crippen molar-refractivity contribution in [2.45, 2.75) is 18.3 Å². The summed E-state index contributed by atoms with van der Waals surface area (Å²) in [6, 6.07) is 1.66. The second kappa shape index (κ2) is 6.81. The van der Waals surface area contributed by atoms with E-state index < -0.39 is 63.4 Å². The molecule has 0 aliphatic carbocycles. The standard InChI is InChI=1S/C16H8F8N4O2/c17-14(18,16(22,23)24)7-2-1-6(13(25)29)10(9-3-4-30-28-9)11(7)12-8(5-26-27-12)15(19,20)21/h1-5H,(H2,25,29)(H,26,27). The van der Waals surface area contributed by atoms with E-state index in [0.29, 0.717) is 6.07 Å². The molecule has 0 bridgehead atoms. The van der Waals surface area contributed by atoms with Gasteiger partial charge in [-0.1, -0.05) is 11.2 Å². The van der Waals surface area contributed by atoms with Crippen LogP contribution in [0.25, 0.3) is 22.5 Å². The summed E-state index contributed by atoms with van der Waals surface area (Å²) in [7, 11) is 0. The van der Waals surface area contributed by atoms with Crippen molar-refractivity contribution in [2.24, 2.45) is 5.73 Å². The molecule has 1 aromatic carbocycles. The lowest BCUT2D eigenvalue weighted by Crippen LogP contribution is -2.34. The average Bonchev–Trinajstić information content (AvgIpc) is 3.30. The molecule has 0 atom stereocenters. The number of hydrogen-bond acceptors (Lipinski definition) is 4. The van der Waals surface area contributed by atoms with Crippen molar-refractivity contribution in [1.82, 2.24) is 15.4 Å². The quantitative estimate of drug-likeness (QED) is 0.584. The number of benzene rings is 1. The van der Waals surface area contributed by atoms with Crippen molar-refractivity contribution < 1.29 is 44.4 Å². The molecule has 1 amide bonds. The molecule has 3 aromatic rings. The highest BCUT2D eigenvalue weighted by Gasteiger charge is 2.60. The summed E-state index contributed by atoms with van der Waals surface area (Å²) in [5.41, 5.74) is -2.86. The third-order valence-corrected chi connectivity index (χ3v) is 4.05. The second-order valence-corrected chi connectivity index (χ2v) is 5.89. The number of halogens is 8. The van der Waals surface area contributed by atoms with Crippen LogP contribution in [0, 0.1) is 0 Å². The lowest BCUT2D eigenvalue weighted by Gasteiger charge is -2.25. The van der Waals surface area contributed by atoms with Crippen LogP contribution in [-0.4, -0.2) is 27.4 Å². The van der Waals surface area contributed by atoms with E-state index in [1.54, 1.807) is 5.10 Å². The van der Waals surface area contributed by atoms with Crippen LogP contribution >= 0.6 is 0 Å². The first-order valence-corrected chi connectivity index (χ1v) is 7.70. The molecule has 3 N–H and O–H groups in total. The predicted molar refractivity (Wildman–Crippen MR) is 83.0 cm³/mol. The van der Waals surface area contributed by atoms with Crippen LogP contribution in [0.15, 0.2) is 35.2 Å². The molecule has 14 heteroatoms. The predicted octanol–water partition coefficient (Wildman–Crippen LogP) is 4.50. The van der Waals surface area contributed by atoms with Crippen molar-refractivity contribution in [2.75, 3.05) is 0 Å². The summed E-state index contributed by atoms with van der Waals surface area (Å²) in [6.45, 7) is 0. The highest BCUT2D eigenvalue weighted by Crippen LogP contribution is 2.51. The maximum absolute atomic E-state index is 14.3. The number of nitrogens with two attached hydrogens (primary N) is 1. The summed E-state index contributed by atoms with van der Waals surface area (Å²) < 4.78 is 112. The number of amides is 1. The second-order valence-electron chi connectivity index (χ2n) is 5.89. The fourth-order valence-electron chi connectivity index (χ4n) is 2.78. The topological polar surface area (TPSA) is 97.8 Å². The van der Waals surface area contributed by atoms with Gasteiger partial charge in [0.05, 0.1) is 11.9 Å². The van der Waals surface area contributed by atoms with Crippen LogP contribution in [0.2, 0.25) is 0 Å². The Morgan fingerprint density at radius 1 is 0.967 bits per heavy atom. The van der Waals surface area contributed by atoms with E-state index in [4.69, 9.17) is 5.73 Å². The number of nitrogens with zero attached hydrogens (tertiary/aromatic N) is 2. The lowest BCUT2D eigenvalue weighted by molar-refractivity contribution is -0.289. The maximum atomic E-state index is 14.3. The normalized spacial score (nSPS) is 12.9. The first-order chi connectivity index (χ1) is 13.8. The molecular formula is C16H8F8N4O2. The zero-order valence-corrected chi connectivity index (χ0v) is 14.2. The lowest BCUT2D eigenvalue weighted by atomic mass is 9.87. The summed E-state index contributed by atoms with van der Waals surface area (Å²) in [6.07, 6.45) is -10.3. The van der Waals surface area contributed by atoms with Gasteiger partial charge in [0, 0.05) is 28.3 Å². The molecule has 30 heavy (non-hydrogen) atoms. The van der Waals surface area contributed by atoms with Gasteiger partial charge < -0.3 is 10.3 Å². The van der Waals surface area contributed by atoms with Crippen LogP contribution in [0.4, 0.5) is 35.1 Å². The van der Waals surface area contributed by atoms with Gasteiger partial charge in [-0.2, -0.15) is 40.2 Å². The molecule has 0 saturated heterocycles.